The monoisotopic (exact) mass is 409 g/mol. The van der Waals surface area contributed by atoms with E-state index in [1.54, 1.807) is 6.08 Å². The van der Waals surface area contributed by atoms with Crippen LogP contribution in [-0.4, -0.2) is 13.6 Å². The average Bonchev–Trinajstić information content (AvgIpc) is 2.67. The lowest BCUT2D eigenvalue weighted by Crippen LogP contribution is -2.21. The van der Waals surface area contributed by atoms with Gasteiger partial charge < -0.3 is 5.32 Å². The quantitative estimate of drug-likeness (QED) is 0.310. The molecule has 0 heterocycles. The maximum Gasteiger partial charge on any atom is -0.00436 e. The van der Waals surface area contributed by atoms with E-state index in [4.69, 9.17) is 0 Å². The second kappa shape index (κ2) is 29.1. The fraction of sp³-hybridized carbons (Fsp3) is 0.714. The zero-order valence-electron chi connectivity index (χ0n) is 22.8. The predicted molar refractivity (Wildman–Crippen MR) is 143 cm³/mol. The van der Waals surface area contributed by atoms with E-state index in [9.17, 15) is 0 Å². The van der Waals surface area contributed by atoms with E-state index in [2.05, 4.69) is 85.2 Å². The first-order chi connectivity index (χ1) is 13.6. The first-order valence-electron chi connectivity index (χ1n) is 11.8. The summed E-state index contributed by atoms with van der Waals surface area (Å²) in [6.45, 7) is 33.8. The molecule has 0 aliphatic heterocycles. The van der Waals surface area contributed by atoms with Gasteiger partial charge in [0.2, 0.25) is 0 Å². The van der Waals surface area contributed by atoms with E-state index in [1.165, 1.54) is 18.4 Å². The number of rotatable bonds is 8. The van der Waals surface area contributed by atoms with Gasteiger partial charge in [-0.05, 0) is 56.2 Å². The van der Waals surface area contributed by atoms with Gasteiger partial charge in [-0.1, -0.05) is 120 Å². The average molecular weight is 410 g/mol. The lowest BCUT2D eigenvalue weighted by Gasteiger charge is -2.26. The van der Waals surface area contributed by atoms with Gasteiger partial charge in [0.15, 0.2) is 0 Å². The second-order valence-electron chi connectivity index (χ2n) is 8.12. The van der Waals surface area contributed by atoms with Gasteiger partial charge >= 0.3 is 0 Å². The summed E-state index contributed by atoms with van der Waals surface area (Å²) in [5.41, 5.74) is 2.12. The largest absolute Gasteiger partial charge is 0.320 e. The Kier molecular flexibility index (Phi) is 38.7. The van der Waals surface area contributed by atoms with Crippen LogP contribution in [0.2, 0.25) is 0 Å². The summed E-state index contributed by atoms with van der Waals surface area (Å²) >= 11 is 0. The van der Waals surface area contributed by atoms with Gasteiger partial charge in [0.05, 0.1) is 0 Å². The molecule has 0 aliphatic carbocycles. The minimum Gasteiger partial charge on any atom is -0.320 e. The van der Waals surface area contributed by atoms with Crippen molar-refractivity contribution in [2.45, 2.75) is 109 Å². The van der Waals surface area contributed by atoms with Gasteiger partial charge in [-0.3, -0.25) is 0 Å². The first-order valence-corrected chi connectivity index (χ1v) is 11.8. The smallest absolute Gasteiger partial charge is 0.00436 e. The molecule has 176 valence electrons. The van der Waals surface area contributed by atoms with E-state index in [0.29, 0.717) is 5.41 Å². The minimum absolute atomic E-state index is 0.211. The van der Waals surface area contributed by atoms with Crippen molar-refractivity contribution in [2.24, 2.45) is 10.8 Å². The molecule has 0 aliphatic rings. The Morgan fingerprint density at radius 3 is 1.59 bits per heavy atom. The molecule has 0 fully saturated rings. The molecule has 0 spiro atoms. The molecule has 0 aromatic heterocycles. The highest BCUT2D eigenvalue weighted by Gasteiger charge is 2.20. The van der Waals surface area contributed by atoms with Crippen LogP contribution in [0, 0.1) is 10.8 Å². The highest BCUT2D eigenvalue weighted by Crippen LogP contribution is 2.31. The molecule has 0 saturated carbocycles. The van der Waals surface area contributed by atoms with Crippen molar-refractivity contribution in [3.05, 3.63) is 49.1 Å². The fourth-order valence-corrected chi connectivity index (χ4v) is 2.21. The SMILES string of the molecule is C=C/C=C(\C=C/CC)C(C)(C)CCNC.C=CC.CC.CC.CCCC(C)(C)C. The Morgan fingerprint density at radius 2 is 1.34 bits per heavy atom. The first kappa shape index (κ1) is 38.5. The standard InChI is InChI=1S/C14H25N.C7H16.C3H6.2C2H6/c1-6-8-10-13(9-7-2)14(3,4)11-12-15-5;1-5-6-7(2,3)4;1-3-2;2*1-2/h7-10,15H,2,6,11-12H2,1,3-5H3;5-6H2,1-4H3;3H,1H2,2H3;2*1-2H3/b10-8-,13-9+;;;;. The molecule has 0 aromatic carbocycles. The molecule has 1 N–H and O–H groups in total. The Bertz CT molecular complexity index is 364. The molecule has 1 heteroatoms. The summed E-state index contributed by atoms with van der Waals surface area (Å²) in [5.74, 6) is 0. The summed E-state index contributed by atoms with van der Waals surface area (Å²) in [6.07, 6.45) is 15.0. The van der Waals surface area contributed by atoms with Crippen LogP contribution >= 0.6 is 0 Å². The third-order valence-corrected chi connectivity index (χ3v) is 3.61. The Hall–Kier alpha value is -1.08. The number of nitrogens with one attached hydrogen (secondary N) is 1. The third kappa shape index (κ3) is 38.2. The predicted octanol–water partition coefficient (Wildman–Crippen LogP) is 9.78. The topological polar surface area (TPSA) is 12.0 Å². The van der Waals surface area contributed by atoms with Gasteiger partial charge in [0, 0.05) is 0 Å². The van der Waals surface area contributed by atoms with Crippen LogP contribution in [0.3, 0.4) is 0 Å². The van der Waals surface area contributed by atoms with Gasteiger partial charge in [-0.15, -0.1) is 6.58 Å². The van der Waals surface area contributed by atoms with Crippen molar-refractivity contribution in [2.75, 3.05) is 13.6 Å². The van der Waals surface area contributed by atoms with E-state index >= 15 is 0 Å². The highest BCUT2D eigenvalue weighted by molar-refractivity contribution is 5.28. The maximum atomic E-state index is 3.78. The molecular weight excluding hydrogens is 350 g/mol. The zero-order chi connectivity index (χ0) is 24.4. The minimum atomic E-state index is 0.211. The van der Waals surface area contributed by atoms with E-state index in [1.807, 2.05) is 47.7 Å². The van der Waals surface area contributed by atoms with Crippen LogP contribution in [0.4, 0.5) is 0 Å². The molecule has 1 nitrogen and oxygen atoms in total. The van der Waals surface area contributed by atoms with Crippen molar-refractivity contribution in [1.29, 1.82) is 0 Å². The summed E-state index contributed by atoms with van der Waals surface area (Å²) in [4.78, 5) is 0. The molecule has 29 heavy (non-hydrogen) atoms. The van der Waals surface area contributed by atoms with Crippen LogP contribution in [0.15, 0.2) is 49.1 Å². The molecule has 0 saturated heterocycles. The normalized spacial score (nSPS) is 10.7. The van der Waals surface area contributed by atoms with Crippen LogP contribution in [0.25, 0.3) is 0 Å². The maximum absolute atomic E-state index is 3.78. The third-order valence-electron chi connectivity index (χ3n) is 3.61. The zero-order valence-corrected chi connectivity index (χ0v) is 22.8. The van der Waals surface area contributed by atoms with Gasteiger partial charge in [-0.25, -0.2) is 0 Å². The second-order valence-corrected chi connectivity index (χ2v) is 8.12. The van der Waals surface area contributed by atoms with Crippen LogP contribution in [0.1, 0.15) is 109 Å². The summed E-state index contributed by atoms with van der Waals surface area (Å²) in [5, 5.41) is 3.20. The molecule has 0 radical (unpaired) electrons. The Balaban J connectivity index is -0.000000114. The summed E-state index contributed by atoms with van der Waals surface area (Å²) in [7, 11) is 1.99. The molecular formula is C28H59N. The van der Waals surface area contributed by atoms with Gasteiger partial charge in [-0.2, -0.15) is 0 Å². The summed E-state index contributed by atoms with van der Waals surface area (Å²) in [6, 6.07) is 0. The molecule has 0 aromatic rings. The van der Waals surface area contributed by atoms with E-state index < -0.39 is 0 Å². The molecule has 0 unspecified atom stereocenters. The molecule has 0 atom stereocenters. The van der Waals surface area contributed by atoms with Crippen molar-refractivity contribution in [3.63, 3.8) is 0 Å². The van der Waals surface area contributed by atoms with Crippen molar-refractivity contribution < 1.29 is 0 Å². The lowest BCUT2D eigenvalue weighted by atomic mass is 9.80. The number of allylic oxidation sites excluding steroid dienone is 6. The Morgan fingerprint density at radius 1 is 0.897 bits per heavy atom. The highest BCUT2D eigenvalue weighted by atomic mass is 14.8. The van der Waals surface area contributed by atoms with Crippen LogP contribution < -0.4 is 5.32 Å². The lowest BCUT2D eigenvalue weighted by molar-refractivity contribution is 0.373. The van der Waals surface area contributed by atoms with Crippen molar-refractivity contribution in [1.82, 2.24) is 5.32 Å². The Labute approximate surface area is 187 Å². The van der Waals surface area contributed by atoms with Crippen molar-refractivity contribution in [3.8, 4) is 0 Å². The summed E-state index contributed by atoms with van der Waals surface area (Å²) < 4.78 is 0. The van der Waals surface area contributed by atoms with Gasteiger partial charge in [0.1, 0.15) is 0 Å². The fourth-order valence-electron chi connectivity index (χ4n) is 2.21. The molecule has 0 rings (SSSR count). The van der Waals surface area contributed by atoms with E-state index in [-0.39, 0.29) is 5.41 Å². The van der Waals surface area contributed by atoms with Crippen LogP contribution in [-0.2, 0) is 0 Å². The number of hydrogen-bond acceptors (Lipinski definition) is 1. The molecule has 0 bridgehead atoms. The van der Waals surface area contributed by atoms with Crippen molar-refractivity contribution >= 4 is 0 Å². The number of hydrogen-bond donors (Lipinski definition) is 1. The molecule has 0 amide bonds. The van der Waals surface area contributed by atoms with Gasteiger partial charge in [0.25, 0.3) is 0 Å². The van der Waals surface area contributed by atoms with Crippen LogP contribution in [0.5, 0.6) is 0 Å². The van der Waals surface area contributed by atoms with E-state index in [0.717, 1.165) is 19.4 Å².